The average molecular weight is 540 g/mol. The Bertz CT molecular complexity index is 1170. The van der Waals surface area contributed by atoms with Crippen molar-refractivity contribution < 1.29 is 30.8 Å². The molecule has 2 unspecified atom stereocenters. The second-order valence-electron chi connectivity index (χ2n) is 8.80. The van der Waals surface area contributed by atoms with Gasteiger partial charge in [0.15, 0.2) is 5.82 Å². The number of carbonyl (C=O) groups excluding carboxylic acids is 1. The van der Waals surface area contributed by atoms with Gasteiger partial charge < -0.3 is 4.57 Å². The Labute approximate surface area is 205 Å². The van der Waals surface area contributed by atoms with Crippen molar-refractivity contribution in [1.82, 2.24) is 24.7 Å². The molecule has 1 aliphatic rings. The molecule has 2 N–H and O–H groups in total. The molecular weight excluding hydrogens is 514 g/mol. The molecule has 1 heterocycles. The number of aromatic nitrogens is 2. The number of sulfonamides is 1. The molecule has 1 aromatic heterocycles. The molecule has 0 saturated heterocycles. The lowest BCUT2D eigenvalue weighted by Crippen LogP contribution is -2.46. The molecule has 0 radical (unpaired) electrons. The van der Waals surface area contributed by atoms with E-state index in [9.17, 15) is 30.8 Å². The molecule has 1 amide bonds. The van der Waals surface area contributed by atoms with Crippen molar-refractivity contribution in [2.75, 3.05) is 19.3 Å². The molecular formula is C21H26ClF4N5O3S. The van der Waals surface area contributed by atoms with Crippen LogP contribution in [-0.2, 0) is 17.1 Å². The predicted octanol–water partition coefficient (Wildman–Crippen LogP) is 3.50. The predicted molar refractivity (Wildman–Crippen MR) is 122 cm³/mol. The highest BCUT2D eigenvalue weighted by atomic mass is 35.5. The van der Waals surface area contributed by atoms with Gasteiger partial charge in [-0.2, -0.15) is 13.2 Å². The lowest BCUT2D eigenvalue weighted by molar-refractivity contribution is -0.149. The number of alkyl halides is 3. The highest BCUT2D eigenvalue weighted by Gasteiger charge is 2.35. The van der Waals surface area contributed by atoms with Crippen LogP contribution in [0.4, 0.5) is 17.6 Å². The number of hydrazine groups is 1. The largest absolute Gasteiger partial charge is 0.401 e. The smallest absolute Gasteiger partial charge is 0.340 e. The maximum atomic E-state index is 14.5. The molecule has 1 aromatic carbocycles. The highest BCUT2D eigenvalue weighted by molar-refractivity contribution is 7.89. The number of imidazole rings is 1. The summed E-state index contributed by atoms with van der Waals surface area (Å²) in [4.78, 5) is 19.8. The van der Waals surface area contributed by atoms with Gasteiger partial charge in [-0.3, -0.25) is 15.1 Å². The van der Waals surface area contributed by atoms with E-state index in [2.05, 4.69) is 4.98 Å². The molecule has 0 spiro atoms. The summed E-state index contributed by atoms with van der Waals surface area (Å²) in [6.45, 7) is -1.07. The first kappa shape index (κ1) is 27.4. The first-order valence-corrected chi connectivity index (χ1v) is 12.8. The summed E-state index contributed by atoms with van der Waals surface area (Å²) in [7, 11) is -0.948. The normalized spacial score (nSPS) is 19.2. The van der Waals surface area contributed by atoms with E-state index in [0.717, 1.165) is 0 Å². The zero-order chi connectivity index (χ0) is 26.0. The van der Waals surface area contributed by atoms with Crippen molar-refractivity contribution in [2.24, 2.45) is 13.0 Å². The van der Waals surface area contributed by atoms with Gasteiger partial charge in [0.05, 0.1) is 34.9 Å². The minimum Gasteiger partial charge on any atom is -0.340 e. The third kappa shape index (κ3) is 7.63. The molecule has 194 valence electrons. The molecule has 14 heteroatoms. The number of rotatable bonds is 8. The van der Waals surface area contributed by atoms with E-state index in [1.165, 1.54) is 30.4 Å². The third-order valence-electron chi connectivity index (χ3n) is 5.86. The Balaban J connectivity index is 1.63. The quantitative estimate of drug-likeness (QED) is 0.395. The fourth-order valence-electron chi connectivity index (χ4n) is 4.23. The van der Waals surface area contributed by atoms with Gasteiger partial charge in [0.1, 0.15) is 0 Å². The van der Waals surface area contributed by atoms with E-state index in [4.69, 9.17) is 11.6 Å². The van der Waals surface area contributed by atoms with Gasteiger partial charge in [-0.1, -0.05) is 18.0 Å². The molecule has 1 fully saturated rings. The molecule has 1 saturated carbocycles. The van der Waals surface area contributed by atoms with Crippen molar-refractivity contribution in [2.45, 2.75) is 37.9 Å². The number of aryl methyl sites for hydroxylation is 1. The van der Waals surface area contributed by atoms with E-state index >= 15 is 0 Å². The van der Waals surface area contributed by atoms with Crippen molar-refractivity contribution in [3.63, 3.8) is 0 Å². The fraction of sp³-hybridized carbons (Fsp3) is 0.524. The number of hydrogen-bond acceptors (Lipinski definition) is 5. The number of nitrogens with one attached hydrogen (secondary N) is 2. The van der Waals surface area contributed by atoms with Crippen LogP contribution in [0.25, 0.3) is 11.3 Å². The summed E-state index contributed by atoms with van der Waals surface area (Å²) in [6, 6.07) is 2.11. The number of amides is 1. The van der Waals surface area contributed by atoms with E-state index in [-0.39, 0.29) is 17.2 Å². The Morgan fingerprint density at radius 3 is 2.66 bits per heavy atom. The van der Waals surface area contributed by atoms with Crippen LogP contribution < -0.4 is 10.3 Å². The van der Waals surface area contributed by atoms with Crippen LogP contribution >= 0.6 is 11.6 Å². The van der Waals surface area contributed by atoms with Crippen LogP contribution in [0.2, 0.25) is 5.02 Å². The van der Waals surface area contributed by atoms with Crippen LogP contribution in [0, 0.1) is 11.7 Å². The second-order valence-corrected chi connectivity index (χ2v) is 11.0. The number of hydrogen-bond donors (Lipinski definition) is 2. The van der Waals surface area contributed by atoms with Crippen LogP contribution in [0.15, 0.2) is 24.7 Å². The van der Waals surface area contributed by atoms with Gasteiger partial charge in [0, 0.05) is 24.8 Å². The Morgan fingerprint density at radius 2 is 2.03 bits per heavy atom. The van der Waals surface area contributed by atoms with Gasteiger partial charge in [-0.15, -0.1) is 4.83 Å². The summed E-state index contributed by atoms with van der Waals surface area (Å²) in [5.74, 6) is -2.86. The molecule has 2 aromatic rings. The van der Waals surface area contributed by atoms with E-state index in [1.807, 2.05) is 10.3 Å². The fourth-order valence-corrected chi connectivity index (χ4v) is 5.71. The standard InChI is InChI=1S/C21H26ClF4N5O3S/c1-30-9-18(27-12-30)14-7-16(19(23)17(22)8-14)20(32)28-29-35(33,34)10-13-4-3-5-15(6-13)31(2)11-21(24,25)26/h7-9,12-13,15,29H,3-6,10-11H2,1-2H3,(H,28,32). The number of benzene rings is 1. The monoisotopic (exact) mass is 539 g/mol. The summed E-state index contributed by atoms with van der Waals surface area (Å²) < 4.78 is 79.3. The van der Waals surface area contributed by atoms with Crippen LogP contribution in [-0.4, -0.2) is 60.3 Å². The number of halogens is 5. The van der Waals surface area contributed by atoms with Gasteiger partial charge in [0.2, 0.25) is 10.0 Å². The molecule has 2 atom stereocenters. The van der Waals surface area contributed by atoms with Crippen LogP contribution in [0.5, 0.6) is 0 Å². The minimum absolute atomic E-state index is 0.276. The van der Waals surface area contributed by atoms with Gasteiger partial charge >= 0.3 is 6.18 Å². The number of carbonyl (C=O) groups is 1. The highest BCUT2D eigenvalue weighted by Crippen LogP contribution is 2.30. The van der Waals surface area contributed by atoms with E-state index < -0.39 is 52.0 Å². The molecule has 0 bridgehead atoms. The number of nitrogens with zero attached hydrogens (tertiary/aromatic N) is 3. The lowest BCUT2D eigenvalue weighted by atomic mass is 9.86. The maximum absolute atomic E-state index is 14.5. The zero-order valence-corrected chi connectivity index (χ0v) is 20.6. The summed E-state index contributed by atoms with van der Waals surface area (Å²) in [6.07, 6.45) is 0.739. The maximum Gasteiger partial charge on any atom is 0.401 e. The summed E-state index contributed by atoms with van der Waals surface area (Å²) in [5.41, 5.74) is 2.30. The van der Waals surface area contributed by atoms with Crippen molar-refractivity contribution in [3.8, 4) is 11.3 Å². The van der Waals surface area contributed by atoms with Crippen molar-refractivity contribution in [1.29, 1.82) is 0 Å². The topological polar surface area (TPSA) is 96.3 Å². The Morgan fingerprint density at radius 1 is 1.31 bits per heavy atom. The lowest BCUT2D eigenvalue weighted by Gasteiger charge is -2.35. The van der Waals surface area contributed by atoms with Crippen molar-refractivity contribution in [3.05, 3.63) is 41.1 Å². The van der Waals surface area contributed by atoms with Gasteiger partial charge in [-0.25, -0.2) is 17.8 Å². The molecule has 35 heavy (non-hydrogen) atoms. The van der Waals surface area contributed by atoms with Crippen molar-refractivity contribution >= 4 is 27.5 Å². The zero-order valence-electron chi connectivity index (χ0n) is 19.1. The first-order valence-electron chi connectivity index (χ1n) is 10.8. The molecule has 0 aliphatic heterocycles. The molecule has 8 nitrogen and oxygen atoms in total. The van der Waals surface area contributed by atoms with Crippen LogP contribution in [0.1, 0.15) is 36.0 Å². The first-order chi connectivity index (χ1) is 16.2. The Kier molecular flexibility index (Phi) is 8.45. The average Bonchev–Trinajstić information content (AvgIpc) is 3.19. The third-order valence-corrected chi connectivity index (χ3v) is 7.45. The minimum atomic E-state index is -4.34. The SMILES string of the molecule is CN(CC(F)(F)F)C1CCCC(CS(=O)(=O)NNC(=O)c2cc(-c3cn(C)cn3)cc(Cl)c2F)C1. The van der Waals surface area contributed by atoms with E-state index in [0.29, 0.717) is 30.5 Å². The second kappa shape index (κ2) is 10.8. The summed E-state index contributed by atoms with van der Waals surface area (Å²) in [5, 5.41) is -0.336. The van der Waals surface area contributed by atoms with E-state index in [1.54, 1.807) is 17.8 Å². The molecule has 1 aliphatic carbocycles. The van der Waals surface area contributed by atoms with Crippen LogP contribution in [0.3, 0.4) is 0 Å². The van der Waals surface area contributed by atoms with Gasteiger partial charge in [-0.05, 0) is 44.4 Å². The molecule has 3 rings (SSSR count). The summed E-state index contributed by atoms with van der Waals surface area (Å²) >= 11 is 5.92. The Hall–Kier alpha value is -2.22. The van der Waals surface area contributed by atoms with Gasteiger partial charge in [0.25, 0.3) is 5.91 Å².